The number of piperidine rings is 1. The molecular weight excluding hydrogens is 389 g/mol. The van der Waals surface area contributed by atoms with Gasteiger partial charge in [0.1, 0.15) is 5.75 Å². The highest BCUT2D eigenvalue weighted by atomic mass is 35.5. The summed E-state index contributed by atoms with van der Waals surface area (Å²) in [6.45, 7) is 3.33. The molecule has 2 unspecified atom stereocenters. The molecule has 0 aromatic heterocycles. The summed E-state index contributed by atoms with van der Waals surface area (Å²) in [6.07, 6.45) is 3.02. The molecule has 0 saturated carbocycles. The third kappa shape index (κ3) is 5.40. The minimum absolute atomic E-state index is 0.154. The molecule has 8 heteroatoms. The number of halogens is 3. The Morgan fingerprint density at radius 3 is 2.28 bits per heavy atom. The first-order valence-electron chi connectivity index (χ1n) is 8.03. The van der Waals surface area contributed by atoms with Gasteiger partial charge in [-0.2, -0.15) is 0 Å². The smallest absolute Gasteiger partial charge is 0.344 e. The number of likely N-dealkylation sites (tertiary alicyclic amines) is 1. The molecule has 0 aliphatic carbocycles. The summed E-state index contributed by atoms with van der Waals surface area (Å²) in [4.78, 5) is 25.9. The van der Waals surface area contributed by atoms with Gasteiger partial charge in [0.15, 0.2) is 13.2 Å². The molecular formula is C17H20Cl3NO4. The zero-order valence-corrected chi connectivity index (χ0v) is 16.3. The van der Waals surface area contributed by atoms with Crippen LogP contribution in [0.2, 0.25) is 15.1 Å². The average Bonchev–Trinajstić information content (AvgIpc) is 2.55. The molecule has 0 radical (unpaired) electrons. The minimum atomic E-state index is -0.659. The van der Waals surface area contributed by atoms with Gasteiger partial charge in [0.2, 0.25) is 0 Å². The van der Waals surface area contributed by atoms with Gasteiger partial charge in [0.05, 0.1) is 15.1 Å². The van der Waals surface area contributed by atoms with E-state index >= 15 is 0 Å². The topological polar surface area (TPSA) is 55.8 Å². The maximum atomic E-state index is 12.3. The lowest BCUT2D eigenvalue weighted by molar-refractivity contribution is -0.156. The molecule has 1 saturated heterocycles. The van der Waals surface area contributed by atoms with E-state index in [0.717, 1.165) is 19.3 Å². The van der Waals surface area contributed by atoms with Crippen molar-refractivity contribution in [2.45, 2.75) is 45.2 Å². The summed E-state index contributed by atoms with van der Waals surface area (Å²) in [7, 11) is 0. The van der Waals surface area contributed by atoms with Crippen LogP contribution in [-0.2, 0) is 14.3 Å². The summed E-state index contributed by atoms with van der Waals surface area (Å²) < 4.78 is 10.3. The van der Waals surface area contributed by atoms with Gasteiger partial charge in [-0.05, 0) is 39.2 Å². The van der Waals surface area contributed by atoms with Crippen molar-refractivity contribution in [2.75, 3.05) is 13.2 Å². The van der Waals surface area contributed by atoms with E-state index in [-0.39, 0.29) is 52.0 Å². The first-order chi connectivity index (χ1) is 11.8. The number of carbonyl (C=O) groups excluding carboxylic acids is 2. The molecule has 1 aromatic rings. The van der Waals surface area contributed by atoms with Crippen LogP contribution in [0.25, 0.3) is 0 Å². The van der Waals surface area contributed by atoms with Crippen molar-refractivity contribution in [3.63, 3.8) is 0 Å². The van der Waals surface area contributed by atoms with E-state index in [1.54, 1.807) is 4.90 Å². The van der Waals surface area contributed by atoms with Crippen LogP contribution < -0.4 is 4.74 Å². The van der Waals surface area contributed by atoms with E-state index in [0.29, 0.717) is 0 Å². The zero-order valence-electron chi connectivity index (χ0n) is 14.1. The Balaban J connectivity index is 1.82. The molecule has 1 aliphatic rings. The maximum Gasteiger partial charge on any atom is 0.344 e. The highest BCUT2D eigenvalue weighted by Gasteiger charge is 2.29. The molecule has 1 aliphatic heterocycles. The van der Waals surface area contributed by atoms with Crippen molar-refractivity contribution in [3.05, 3.63) is 27.2 Å². The van der Waals surface area contributed by atoms with Crippen LogP contribution in [-0.4, -0.2) is 42.1 Å². The lowest BCUT2D eigenvalue weighted by atomic mass is 9.97. The Morgan fingerprint density at radius 2 is 1.64 bits per heavy atom. The Labute approximate surface area is 162 Å². The number of benzene rings is 1. The van der Waals surface area contributed by atoms with E-state index in [4.69, 9.17) is 44.3 Å². The van der Waals surface area contributed by atoms with Crippen LogP contribution in [0.1, 0.15) is 33.1 Å². The fourth-order valence-corrected chi connectivity index (χ4v) is 3.51. The number of rotatable bonds is 5. The summed E-state index contributed by atoms with van der Waals surface area (Å²) in [5.41, 5.74) is 0. The third-order valence-electron chi connectivity index (χ3n) is 4.16. The van der Waals surface area contributed by atoms with Crippen molar-refractivity contribution in [1.82, 2.24) is 4.90 Å². The summed E-state index contributed by atoms with van der Waals surface area (Å²) in [5, 5.41) is 0.781. The summed E-state index contributed by atoms with van der Waals surface area (Å²) in [6, 6.07) is 3.15. The number of esters is 1. The van der Waals surface area contributed by atoms with Crippen LogP contribution in [0.15, 0.2) is 12.1 Å². The van der Waals surface area contributed by atoms with E-state index in [1.165, 1.54) is 12.1 Å². The molecule has 25 heavy (non-hydrogen) atoms. The van der Waals surface area contributed by atoms with E-state index in [1.807, 2.05) is 13.8 Å². The van der Waals surface area contributed by atoms with Crippen molar-refractivity contribution in [3.8, 4) is 5.75 Å². The van der Waals surface area contributed by atoms with Crippen molar-refractivity contribution < 1.29 is 19.1 Å². The highest BCUT2D eigenvalue weighted by molar-refractivity contribution is 6.43. The van der Waals surface area contributed by atoms with E-state index in [2.05, 4.69) is 0 Å². The molecule has 0 bridgehead atoms. The lowest BCUT2D eigenvalue weighted by Crippen LogP contribution is -2.49. The molecule has 0 spiro atoms. The Bertz CT molecular complexity index is 643. The largest absolute Gasteiger partial charge is 0.480 e. The lowest BCUT2D eigenvalue weighted by Gasteiger charge is -2.38. The molecule has 2 atom stereocenters. The van der Waals surface area contributed by atoms with Gasteiger partial charge in [0, 0.05) is 18.2 Å². The summed E-state index contributed by atoms with van der Waals surface area (Å²) >= 11 is 17.7. The molecule has 0 N–H and O–H groups in total. The molecule has 1 heterocycles. The molecule has 5 nitrogen and oxygen atoms in total. The third-order valence-corrected chi connectivity index (χ3v) is 5.18. The molecule has 1 aromatic carbocycles. The van der Waals surface area contributed by atoms with Gasteiger partial charge in [-0.3, -0.25) is 4.79 Å². The molecule has 2 rings (SSSR count). The zero-order chi connectivity index (χ0) is 18.6. The second-order valence-corrected chi connectivity index (χ2v) is 7.30. The first kappa shape index (κ1) is 20.1. The van der Waals surface area contributed by atoms with Gasteiger partial charge in [-0.15, -0.1) is 0 Å². The normalized spacial score (nSPS) is 20.3. The SMILES string of the molecule is CC1CCCC(C)N1C(=O)COC(=O)COc1cc(Cl)c(Cl)cc1Cl. The van der Waals surface area contributed by atoms with Gasteiger partial charge in [-0.1, -0.05) is 34.8 Å². The van der Waals surface area contributed by atoms with Gasteiger partial charge in [0.25, 0.3) is 5.91 Å². The fraction of sp³-hybridized carbons (Fsp3) is 0.529. The highest BCUT2D eigenvalue weighted by Crippen LogP contribution is 2.33. The van der Waals surface area contributed by atoms with Crippen LogP contribution in [0.3, 0.4) is 0 Å². The number of nitrogens with zero attached hydrogens (tertiary/aromatic N) is 1. The van der Waals surface area contributed by atoms with Crippen molar-refractivity contribution in [2.24, 2.45) is 0 Å². The van der Waals surface area contributed by atoms with Crippen molar-refractivity contribution >= 4 is 46.7 Å². The predicted octanol–water partition coefficient (Wildman–Crippen LogP) is 4.36. The van der Waals surface area contributed by atoms with E-state index < -0.39 is 5.97 Å². The Hall–Kier alpha value is -1.17. The second kappa shape index (κ2) is 8.97. The molecule has 1 fully saturated rings. The van der Waals surface area contributed by atoms with Gasteiger partial charge < -0.3 is 14.4 Å². The number of hydrogen-bond donors (Lipinski definition) is 0. The molecule has 138 valence electrons. The van der Waals surface area contributed by atoms with Crippen molar-refractivity contribution in [1.29, 1.82) is 0 Å². The maximum absolute atomic E-state index is 12.3. The van der Waals surface area contributed by atoms with Crippen LogP contribution >= 0.6 is 34.8 Å². The standard InChI is InChI=1S/C17H20Cl3NO4/c1-10-4-3-5-11(2)21(10)16(22)8-25-17(23)9-24-15-7-13(19)12(18)6-14(15)20/h6-7,10-11H,3-5,8-9H2,1-2H3. The quantitative estimate of drug-likeness (QED) is 0.536. The van der Waals surface area contributed by atoms with E-state index in [9.17, 15) is 9.59 Å². The minimum Gasteiger partial charge on any atom is -0.480 e. The summed E-state index contributed by atoms with van der Waals surface area (Å²) in [5.74, 6) is -0.633. The average molecular weight is 409 g/mol. The Morgan fingerprint density at radius 1 is 1.04 bits per heavy atom. The molecule has 1 amide bonds. The van der Waals surface area contributed by atoms with Gasteiger partial charge in [-0.25, -0.2) is 4.79 Å². The number of amides is 1. The number of carbonyl (C=O) groups is 2. The first-order valence-corrected chi connectivity index (χ1v) is 9.17. The van der Waals surface area contributed by atoms with Crippen LogP contribution in [0.4, 0.5) is 0 Å². The van der Waals surface area contributed by atoms with Crippen LogP contribution in [0.5, 0.6) is 5.75 Å². The Kier molecular flexibility index (Phi) is 7.23. The predicted molar refractivity (Wildman–Crippen MR) is 97.5 cm³/mol. The fourth-order valence-electron chi connectivity index (χ4n) is 2.92. The van der Waals surface area contributed by atoms with Crippen LogP contribution in [0, 0.1) is 0 Å². The number of hydrogen-bond acceptors (Lipinski definition) is 4. The number of ether oxygens (including phenoxy) is 2. The van der Waals surface area contributed by atoms with Gasteiger partial charge >= 0.3 is 5.97 Å². The monoisotopic (exact) mass is 407 g/mol. The second-order valence-electron chi connectivity index (χ2n) is 6.08.